The van der Waals surface area contributed by atoms with Gasteiger partial charge in [-0.2, -0.15) is 0 Å². The summed E-state index contributed by atoms with van der Waals surface area (Å²) in [5.41, 5.74) is 0.00946. The molecule has 4 N–H and O–H groups in total. The number of benzene rings is 1. The standard InChI is InChI=1S/C21H27N5OS.HI/c1-3-22-20(25-15-21(2,27)18-9-6-14-28-18)24-13-12-23-19-11-10-16-7-4-5-8-17(16)26-19;/h4-11,14,27H,3,12-13,15H2,1-2H3,(H,23,26)(H2,22,24,25);1H. The number of aliphatic hydroxyl groups is 1. The number of aromatic nitrogens is 1. The van der Waals surface area contributed by atoms with Crippen molar-refractivity contribution in [2.75, 3.05) is 31.5 Å². The van der Waals surface area contributed by atoms with Gasteiger partial charge in [-0.1, -0.05) is 24.3 Å². The first-order valence-electron chi connectivity index (χ1n) is 9.47. The maximum atomic E-state index is 10.6. The smallest absolute Gasteiger partial charge is 0.191 e. The van der Waals surface area contributed by atoms with Crippen molar-refractivity contribution in [2.45, 2.75) is 19.4 Å². The van der Waals surface area contributed by atoms with Crippen LogP contribution in [0.25, 0.3) is 10.9 Å². The topological polar surface area (TPSA) is 81.6 Å². The third-order valence-electron chi connectivity index (χ3n) is 4.26. The molecular formula is C21H28IN5OS. The Bertz CT molecular complexity index is 914. The maximum Gasteiger partial charge on any atom is 0.191 e. The second kappa shape index (κ2) is 11.3. The Morgan fingerprint density at radius 1 is 1.10 bits per heavy atom. The molecule has 0 saturated carbocycles. The van der Waals surface area contributed by atoms with E-state index >= 15 is 0 Å². The number of aliphatic imine (C=N–C) groups is 1. The summed E-state index contributed by atoms with van der Waals surface area (Å²) in [4.78, 5) is 10.1. The number of fused-ring (bicyclic) bond motifs is 1. The minimum absolute atomic E-state index is 0. The molecule has 6 nitrogen and oxygen atoms in total. The average Bonchev–Trinajstić information content (AvgIpc) is 3.25. The molecule has 0 amide bonds. The van der Waals surface area contributed by atoms with E-state index in [1.54, 1.807) is 6.92 Å². The first-order valence-corrected chi connectivity index (χ1v) is 10.3. The third-order valence-corrected chi connectivity index (χ3v) is 5.39. The van der Waals surface area contributed by atoms with Gasteiger partial charge in [0.25, 0.3) is 0 Å². The number of nitrogens with zero attached hydrogens (tertiary/aromatic N) is 2. The van der Waals surface area contributed by atoms with Crippen molar-refractivity contribution in [1.82, 2.24) is 15.6 Å². The van der Waals surface area contributed by atoms with Crippen LogP contribution in [0.5, 0.6) is 0 Å². The summed E-state index contributed by atoms with van der Waals surface area (Å²) in [5.74, 6) is 1.54. The van der Waals surface area contributed by atoms with Gasteiger partial charge < -0.3 is 21.1 Å². The second-order valence-corrected chi connectivity index (χ2v) is 7.64. The zero-order valence-electron chi connectivity index (χ0n) is 16.7. The van der Waals surface area contributed by atoms with Crippen LogP contribution in [-0.2, 0) is 5.60 Å². The Kier molecular flexibility index (Phi) is 9.12. The molecule has 0 fully saturated rings. The number of rotatable bonds is 8. The fourth-order valence-electron chi connectivity index (χ4n) is 2.77. The van der Waals surface area contributed by atoms with Crippen LogP contribution in [0.2, 0.25) is 0 Å². The van der Waals surface area contributed by atoms with E-state index in [1.165, 1.54) is 11.3 Å². The van der Waals surface area contributed by atoms with Gasteiger partial charge in [0, 0.05) is 29.9 Å². The van der Waals surface area contributed by atoms with E-state index in [9.17, 15) is 5.11 Å². The van der Waals surface area contributed by atoms with E-state index in [1.807, 2.05) is 48.7 Å². The number of hydrogen-bond acceptors (Lipinski definition) is 5. The molecule has 8 heteroatoms. The van der Waals surface area contributed by atoms with E-state index < -0.39 is 5.60 Å². The van der Waals surface area contributed by atoms with Gasteiger partial charge in [0.1, 0.15) is 11.4 Å². The number of thiophene rings is 1. The predicted octanol–water partition coefficient (Wildman–Crippen LogP) is 3.79. The number of anilines is 1. The van der Waals surface area contributed by atoms with Gasteiger partial charge in [0.05, 0.1) is 12.1 Å². The second-order valence-electron chi connectivity index (χ2n) is 6.69. The van der Waals surface area contributed by atoms with Gasteiger partial charge in [-0.25, -0.2) is 9.98 Å². The molecule has 0 aliphatic heterocycles. The molecule has 0 spiro atoms. The lowest BCUT2D eigenvalue weighted by molar-refractivity contribution is 0.0711. The van der Waals surface area contributed by atoms with Crippen LogP contribution >= 0.6 is 35.3 Å². The summed E-state index contributed by atoms with van der Waals surface area (Å²) in [6.07, 6.45) is 0. The Balaban J connectivity index is 0.00000300. The molecule has 0 aliphatic rings. The van der Waals surface area contributed by atoms with Gasteiger partial charge in [-0.05, 0) is 43.5 Å². The molecule has 156 valence electrons. The molecule has 2 heterocycles. The molecule has 29 heavy (non-hydrogen) atoms. The van der Waals surface area contributed by atoms with Gasteiger partial charge in [0.15, 0.2) is 5.96 Å². The van der Waals surface area contributed by atoms with Crippen LogP contribution in [0.3, 0.4) is 0 Å². The molecule has 3 aromatic rings. The average molecular weight is 525 g/mol. The van der Waals surface area contributed by atoms with Crippen molar-refractivity contribution in [3.05, 3.63) is 58.8 Å². The number of halogens is 1. The highest BCUT2D eigenvalue weighted by Gasteiger charge is 2.23. The predicted molar refractivity (Wildman–Crippen MR) is 134 cm³/mol. The van der Waals surface area contributed by atoms with E-state index in [-0.39, 0.29) is 24.0 Å². The highest BCUT2D eigenvalue weighted by Crippen LogP contribution is 2.25. The van der Waals surface area contributed by atoms with Gasteiger partial charge >= 0.3 is 0 Å². The Labute approximate surface area is 192 Å². The Morgan fingerprint density at radius 3 is 2.69 bits per heavy atom. The SMILES string of the molecule is CCNC(=NCC(C)(O)c1cccs1)NCCNc1ccc2ccccc2n1.I. The molecule has 1 atom stereocenters. The lowest BCUT2D eigenvalue weighted by Crippen LogP contribution is -2.40. The first kappa shape index (κ1) is 23.4. The normalized spacial score (nSPS) is 13.4. The summed E-state index contributed by atoms with van der Waals surface area (Å²) < 4.78 is 0. The number of para-hydroxylation sites is 1. The minimum Gasteiger partial charge on any atom is -0.383 e. The molecule has 0 bridgehead atoms. The van der Waals surface area contributed by atoms with Crippen molar-refractivity contribution < 1.29 is 5.11 Å². The molecular weight excluding hydrogens is 497 g/mol. The van der Waals surface area contributed by atoms with Crippen LogP contribution in [0.4, 0.5) is 5.82 Å². The van der Waals surface area contributed by atoms with Crippen molar-refractivity contribution >= 4 is 58.0 Å². The van der Waals surface area contributed by atoms with Crippen molar-refractivity contribution in [1.29, 1.82) is 0 Å². The third kappa shape index (κ3) is 6.83. The van der Waals surface area contributed by atoms with Crippen molar-refractivity contribution in [3.63, 3.8) is 0 Å². The fraction of sp³-hybridized carbons (Fsp3) is 0.333. The van der Waals surface area contributed by atoms with Gasteiger partial charge in [-0.3, -0.25) is 0 Å². The summed E-state index contributed by atoms with van der Waals surface area (Å²) in [5, 5.41) is 23.5. The molecule has 1 unspecified atom stereocenters. The number of hydrogen-bond donors (Lipinski definition) is 4. The maximum absolute atomic E-state index is 10.6. The van der Waals surface area contributed by atoms with Crippen LogP contribution in [0.15, 0.2) is 58.9 Å². The molecule has 0 aliphatic carbocycles. The zero-order chi connectivity index (χ0) is 19.8. The Morgan fingerprint density at radius 2 is 1.93 bits per heavy atom. The fourth-order valence-corrected chi connectivity index (χ4v) is 3.55. The van der Waals surface area contributed by atoms with Crippen molar-refractivity contribution in [2.24, 2.45) is 4.99 Å². The Hall–Kier alpha value is -1.91. The number of guanidine groups is 1. The highest BCUT2D eigenvalue weighted by atomic mass is 127. The van der Waals surface area contributed by atoms with E-state index in [4.69, 9.17) is 0 Å². The van der Waals surface area contributed by atoms with Gasteiger partial charge in [-0.15, -0.1) is 35.3 Å². The lowest BCUT2D eigenvalue weighted by atomic mass is 10.1. The summed E-state index contributed by atoms with van der Waals surface area (Å²) in [6, 6.07) is 16.0. The number of nitrogens with one attached hydrogen (secondary N) is 3. The molecule has 0 saturated heterocycles. The summed E-state index contributed by atoms with van der Waals surface area (Å²) in [7, 11) is 0. The summed E-state index contributed by atoms with van der Waals surface area (Å²) >= 11 is 1.54. The highest BCUT2D eigenvalue weighted by molar-refractivity contribution is 14.0. The minimum atomic E-state index is -0.968. The van der Waals surface area contributed by atoms with Crippen molar-refractivity contribution in [3.8, 4) is 0 Å². The van der Waals surface area contributed by atoms with Gasteiger partial charge in [0.2, 0.25) is 0 Å². The van der Waals surface area contributed by atoms with Crippen LogP contribution in [0.1, 0.15) is 18.7 Å². The first-order chi connectivity index (χ1) is 13.6. The largest absolute Gasteiger partial charge is 0.383 e. The monoisotopic (exact) mass is 525 g/mol. The van der Waals surface area contributed by atoms with Crippen LogP contribution in [0, 0.1) is 0 Å². The van der Waals surface area contributed by atoms with E-state index in [2.05, 4.69) is 38.1 Å². The zero-order valence-corrected chi connectivity index (χ0v) is 19.8. The molecule has 2 aromatic heterocycles. The quantitative estimate of drug-likeness (QED) is 0.156. The van der Waals surface area contributed by atoms with E-state index in [0.29, 0.717) is 25.6 Å². The van der Waals surface area contributed by atoms with Crippen LogP contribution in [-0.4, -0.2) is 42.2 Å². The van der Waals surface area contributed by atoms with E-state index in [0.717, 1.165) is 28.1 Å². The molecule has 0 radical (unpaired) electrons. The molecule has 3 rings (SSSR count). The molecule has 1 aromatic carbocycles. The summed E-state index contributed by atoms with van der Waals surface area (Å²) in [6.45, 7) is 6.25. The number of pyridine rings is 1. The van der Waals surface area contributed by atoms with Crippen LogP contribution < -0.4 is 16.0 Å². The lowest BCUT2D eigenvalue weighted by Gasteiger charge is -2.20.